The molecule has 0 atom stereocenters. The molecule has 1 aliphatic rings. The predicted molar refractivity (Wildman–Crippen MR) is 125 cm³/mol. The third kappa shape index (κ3) is 3.98. The molecule has 2 heterocycles. The van der Waals surface area contributed by atoms with E-state index in [-0.39, 0.29) is 17.2 Å². The third-order valence-electron chi connectivity index (χ3n) is 5.92. The lowest BCUT2D eigenvalue weighted by atomic mass is 10.1. The molecule has 8 heteroatoms. The Labute approximate surface area is 189 Å². The summed E-state index contributed by atoms with van der Waals surface area (Å²) >= 11 is 0. The number of carboxylic acid groups (broad SMARTS) is 1. The number of rotatable bonds is 4. The topological polar surface area (TPSA) is 110 Å². The lowest BCUT2D eigenvalue weighted by Gasteiger charge is -2.36. The minimum absolute atomic E-state index is 0.0566. The molecule has 4 aromatic rings. The van der Waals surface area contributed by atoms with Gasteiger partial charge in [-0.25, -0.2) is 9.78 Å². The fourth-order valence-electron chi connectivity index (χ4n) is 4.12. The summed E-state index contributed by atoms with van der Waals surface area (Å²) in [6, 6.07) is 19.7. The largest absolute Gasteiger partial charge is 0.507 e. The van der Waals surface area contributed by atoms with Crippen LogP contribution < -0.4 is 4.90 Å². The molecule has 3 N–H and O–H groups in total. The van der Waals surface area contributed by atoms with Crippen molar-refractivity contribution in [1.29, 1.82) is 0 Å². The van der Waals surface area contributed by atoms with E-state index in [1.54, 1.807) is 6.07 Å². The van der Waals surface area contributed by atoms with Crippen LogP contribution in [0.25, 0.3) is 22.4 Å². The van der Waals surface area contributed by atoms with Crippen molar-refractivity contribution in [3.05, 3.63) is 77.9 Å². The standard InChI is InChI=1S/C25H22N4O4/c30-22-14-17(6-8-19(22)25(32)33)23-26-20-9-7-18(15-21(20)27-23)28-10-12-29(13-11-28)24(31)16-4-2-1-3-5-16/h1-9,14-15,30H,10-13H2,(H,26,27)(H,32,33). The number of carboxylic acids is 1. The number of piperazine rings is 1. The Morgan fingerprint density at radius 1 is 0.909 bits per heavy atom. The average Bonchev–Trinajstić information content (AvgIpc) is 3.27. The zero-order chi connectivity index (χ0) is 22.9. The number of aromatic hydroxyl groups is 1. The maximum absolute atomic E-state index is 12.7. The second-order valence-electron chi connectivity index (χ2n) is 7.97. The first-order chi connectivity index (χ1) is 16.0. The van der Waals surface area contributed by atoms with Gasteiger partial charge in [-0.3, -0.25) is 4.79 Å². The molecule has 33 heavy (non-hydrogen) atoms. The fourth-order valence-corrected chi connectivity index (χ4v) is 4.12. The number of hydrogen-bond donors (Lipinski definition) is 3. The summed E-state index contributed by atoms with van der Waals surface area (Å²) in [5.74, 6) is -0.878. The molecule has 166 valence electrons. The number of benzene rings is 3. The number of fused-ring (bicyclic) bond motifs is 1. The van der Waals surface area contributed by atoms with Crippen molar-refractivity contribution < 1.29 is 19.8 Å². The number of carbonyl (C=O) groups is 2. The quantitative estimate of drug-likeness (QED) is 0.446. The Morgan fingerprint density at radius 3 is 2.36 bits per heavy atom. The molecule has 0 spiro atoms. The van der Waals surface area contributed by atoms with Crippen LogP contribution in [0.5, 0.6) is 5.75 Å². The number of imidazole rings is 1. The van der Waals surface area contributed by atoms with E-state index in [4.69, 9.17) is 5.11 Å². The van der Waals surface area contributed by atoms with Crippen molar-refractivity contribution in [2.45, 2.75) is 0 Å². The van der Waals surface area contributed by atoms with Crippen LogP contribution in [0.2, 0.25) is 0 Å². The van der Waals surface area contributed by atoms with Crippen molar-refractivity contribution in [2.75, 3.05) is 31.1 Å². The second-order valence-corrected chi connectivity index (χ2v) is 7.97. The number of H-pyrrole nitrogens is 1. The molecule has 0 radical (unpaired) electrons. The van der Waals surface area contributed by atoms with Crippen molar-refractivity contribution in [3.8, 4) is 17.1 Å². The SMILES string of the molecule is O=C(O)c1ccc(-c2nc3ccc(N4CCN(C(=O)c5ccccc5)CC4)cc3[nH]2)cc1O. The van der Waals surface area contributed by atoms with Crippen LogP contribution in [0, 0.1) is 0 Å². The summed E-state index contributed by atoms with van der Waals surface area (Å²) in [5, 5.41) is 19.1. The highest BCUT2D eigenvalue weighted by Crippen LogP contribution is 2.28. The number of aromatic amines is 1. The highest BCUT2D eigenvalue weighted by Gasteiger charge is 2.22. The molecular weight excluding hydrogens is 420 g/mol. The molecule has 1 aromatic heterocycles. The van der Waals surface area contributed by atoms with Gasteiger partial charge < -0.3 is 25.0 Å². The first-order valence-electron chi connectivity index (χ1n) is 10.7. The number of hydrogen-bond acceptors (Lipinski definition) is 5. The van der Waals surface area contributed by atoms with E-state index in [1.807, 2.05) is 53.4 Å². The number of nitrogens with zero attached hydrogens (tertiary/aromatic N) is 3. The Bertz CT molecular complexity index is 1340. The molecule has 0 saturated carbocycles. The van der Waals surface area contributed by atoms with Gasteiger partial charge in [0.05, 0.1) is 11.0 Å². The number of amides is 1. The molecule has 0 unspecified atom stereocenters. The van der Waals surface area contributed by atoms with Crippen molar-refractivity contribution >= 4 is 28.6 Å². The van der Waals surface area contributed by atoms with Gasteiger partial charge >= 0.3 is 5.97 Å². The van der Waals surface area contributed by atoms with E-state index >= 15 is 0 Å². The first kappa shape index (κ1) is 20.6. The Morgan fingerprint density at radius 2 is 1.67 bits per heavy atom. The van der Waals surface area contributed by atoms with E-state index in [0.29, 0.717) is 30.0 Å². The molecule has 5 rings (SSSR count). The summed E-state index contributed by atoms with van der Waals surface area (Å²) in [4.78, 5) is 35.7. The zero-order valence-electron chi connectivity index (χ0n) is 17.7. The van der Waals surface area contributed by atoms with E-state index in [0.717, 1.165) is 29.8 Å². The second kappa shape index (κ2) is 8.31. The van der Waals surface area contributed by atoms with Gasteiger partial charge in [-0.2, -0.15) is 0 Å². The Balaban J connectivity index is 1.32. The van der Waals surface area contributed by atoms with Gasteiger partial charge in [0.2, 0.25) is 0 Å². The molecule has 0 bridgehead atoms. The van der Waals surface area contributed by atoms with Gasteiger partial charge in [-0.05, 0) is 42.5 Å². The monoisotopic (exact) mass is 442 g/mol. The molecule has 8 nitrogen and oxygen atoms in total. The number of nitrogens with one attached hydrogen (secondary N) is 1. The highest BCUT2D eigenvalue weighted by molar-refractivity contribution is 5.94. The zero-order valence-corrected chi connectivity index (χ0v) is 17.7. The van der Waals surface area contributed by atoms with Crippen LogP contribution >= 0.6 is 0 Å². The summed E-state index contributed by atoms with van der Waals surface area (Å²) in [6.45, 7) is 2.76. The summed E-state index contributed by atoms with van der Waals surface area (Å²) in [5.41, 5.74) is 3.80. The molecule has 1 amide bonds. The van der Waals surface area contributed by atoms with Crippen LogP contribution in [-0.2, 0) is 0 Å². The molecule has 3 aromatic carbocycles. The minimum atomic E-state index is -1.18. The van der Waals surface area contributed by atoms with Crippen LogP contribution in [0.15, 0.2) is 66.7 Å². The molecular formula is C25H22N4O4. The van der Waals surface area contributed by atoms with E-state index in [9.17, 15) is 14.7 Å². The van der Waals surface area contributed by atoms with Gasteiger partial charge in [0.15, 0.2) is 0 Å². The van der Waals surface area contributed by atoms with Gasteiger partial charge in [0.1, 0.15) is 17.1 Å². The summed E-state index contributed by atoms with van der Waals surface area (Å²) in [7, 11) is 0. The van der Waals surface area contributed by atoms with Crippen molar-refractivity contribution in [1.82, 2.24) is 14.9 Å². The normalized spacial score (nSPS) is 13.9. The fraction of sp³-hybridized carbons (Fsp3) is 0.160. The first-order valence-corrected chi connectivity index (χ1v) is 10.7. The Kier molecular flexibility index (Phi) is 5.18. The third-order valence-corrected chi connectivity index (χ3v) is 5.92. The Hall–Kier alpha value is -4.33. The van der Waals surface area contributed by atoms with E-state index in [1.165, 1.54) is 12.1 Å². The number of aromatic carboxylic acids is 1. The molecule has 1 saturated heterocycles. The van der Waals surface area contributed by atoms with Crippen LogP contribution in [0.3, 0.4) is 0 Å². The number of phenols is 1. The van der Waals surface area contributed by atoms with Crippen molar-refractivity contribution in [2.24, 2.45) is 0 Å². The lowest BCUT2D eigenvalue weighted by Crippen LogP contribution is -2.48. The van der Waals surface area contributed by atoms with Gasteiger partial charge in [-0.1, -0.05) is 24.3 Å². The average molecular weight is 442 g/mol. The van der Waals surface area contributed by atoms with Crippen LogP contribution in [-0.4, -0.2) is 63.1 Å². The maximum Gasteiger partial charge on any atom is 0.339 e. The number of carbonyl (C=O) groups excluding carboxylic acids is 1. The predicted octanol–water partition coefficient (Wildman–Crippen LogP) is 3.60. The smallest absolute Gasteiger partial charge is 0.339 e. The van der Waals surface area contributed by atoms with Gasteiger partial charge in [-0.15, -0.1) is 0 Å². The highest BCUT2D eigenvalue weighted by atomic mass is 16.4. The van der Waals surface area contributed by atoms with Gasteiger partial charge in [0, 0.05) is 43.0 Å². The maximum atomic E-state index is 12.7. The number of aromatic nitrogens is 2. The summed E-state index contributed by atoms with van der Waals surface area (Å²) < 4.78 is 0. The van der Waals surface area contributed by atoms with Gasteiger partial charge in [0.25, 0.3) is 5.91 Å². The molecule has 1 fully saturated rings. The van der Waals surface area contributed by atoms with Crippen molar-refractivity contribution in [3.63, 3.8) is 0 Å². The number of anilines is 1. The molecule has 1 aliphatic heterocycles. The van der Waals surface area contributed by atoms with Crippen LogP contribution in [0.1, 0.15) is 20.7 Å². The van der Waals surface area contributed by atoms with E-state index in [2.05, 4.69) is 14.9 Å². The minimum Gasteiger partial charge on any atom is -0.507 e. The molecule has 0 aliphatic carbocycles. The summed E-state index contributed by atoms with van der Waals surface area (Å²) in [6.07, 6.45) is 0. The lowest BCUT2D eigenvalue weighted by molar-refractivity contribution is 0.0692. The van der Waals surface area contributed by atoms with E-state index < -0.39 is 5.97 Å². The van der Waals surface area contributed by atoms with Crippen LogP contribution in [0.4, 0.5) is 5.69 Å².